The van der Waals surface area contributed by atoms with Crippen LogP contribution in [0.1, 0.15) is 66.8 Å². The first-order chi connectivity index (χ1) is 26.7. The van der Waals surface area contributed by atoms with Crippen LogP contribution in [-0.2, 0) is 51.4 Å². The van der Waals surface area contributed by atoms with Crippen LogP contribution < -0.4 is 55.9 Å². The van der Waals surface area contributed by atoms with Crippen LogP contribution in [0.4, 0.5) is 0 Å². The molecular weight excluding hydrogens is 713 g/mol. The highest BCUT2D eigenvalue weighted by atomic mass is 16.3. The summed E-state index contributed by atoms with van der Waals surface area (Å²) in [6.45, 7) is 1.67. The summed E-state index contributed by atoms with van der Waals surface area (Å²) in [6.07, 6.45) is 2.81. The lowest BCUT2D eigenvalue weighted by molar-refractivity contribution is -0.504. The molecule has 56 heavy (non-hydrogen) atoms. The average molecular weight is 769 g/mol. The highest BCUT2D eigenvalue weighted by Crippen LogP contribution is 2.39. The molecule has 4 aromatic rings. The SMILES string of the molecule is NC(N)=NCCc1cc2c(O)c(c1)Cc1cc(CC[NH+]=C(N)[NH3+])cc(c1O)Cc1cc(CC[NH+]=C(N)[NH3+])cc(c1O)Cc1cc(CCN=C(N)N)cc(c1O)C2. The summed E-state index contributed by atoms with van der Waals surface area (Å²) in [4.78, 5) is 14.4. The summed E-state index contributed by atoms with van der Waals surface area (Å²) in [5, 5.41) is 47.6. The van der Waals surface area contributed by atoms with E-state index in [1.54, 1.807) is 0 Å². The summed E-state index contributed by atoms with van der Waals surface area (Å²) in [6, 6.07) is 15.2. The molecule has 0 atom stereocenters. The number of hydrogen-bond acceptors (Lipinski definition) is 6. The second-order valence-corrected chi connectivity index (χ2v) is 14.3. The van der Waals surface area contributed by atoms with Crippen LogP contribution >= 0.6 is 0 Å². The average Bonchev–Trinajstić information content (AvgIpc) is 3.11. The van der Waals surface area contributed by atoms with E-state index in [1.165, 1.54) is 0 Å². The highest BCUT2D eigenvalue weighted by molar-refractivity contribution is 5.76. The normalized spacial score (nSPS) is 13.0. The van der Waals surface area contributed by atoms with Gasteiger partial charge in [0.15, 0.2) is 11.9 Å². The lowest BCUT2D eigenvalue weighted by atomic mass is 9.87. The van der Waals surface area contributed by atoms with E-state index in [9.17, 15) is 20.4 Å². The smallest absolute Gasteiger partial charge is 0.434 e. The molecule has 24 N–H and O–H groups in total. The quantitative estimate of drug-likeness (QED) is 0.0424. The van der Waals surface area contributed by atoms with Crippen molar-refractivity contribution in [3.8, 4) is 23.0 Å². The Morgan fingerprint density at radius 1 is 0.446 bits per heavy atom. The van der Waals surface area contributed by atoms with Gasteiger partial charge in [-0.2, -0.15) is 0 Å². The maximum absolute atomic E-state index is 11.9. The first-order valence-electron chi connectivity index (χ1n) is 18.5. The molecule has 16 nitrogen and oxygen atoms in total. The van der Waals surface area contributed by atoms with Crippen molar-refractivity contribution in [2.45, 2.75) is 51.4 Å². The number of guanidine groups is 4. The Labute approximate surface area is 325 Å². The highest BCUT2D eigenvalue weighted by Gasteiger charge is 2.22. The predicted molar refractivity (Wildman–Crippen MR) is 216 cm³/mol. The summed E-state index contributed by atoms with van der Waals surface area (Å²) in [5.74, 6) is 0.854. The summed E-state index contributed by atoms with van der Waals surface area (Å²) in [5.41, 5.74) is 49.7. The van der Waals surface area contributed by atoms with Crippen LogP contribution in [0.5, 0.6) is 23.0 Å². The largest absolute Gasteiger partial charge is 0.507 e. The summed E-state index contributed by atoms with van der Waals surface area (Å²) in [7, 11) is 0. The van der Waals surface area contributed by atoms with E-state index < -0.39 is 0 Å². The van der Waals surface area contributed by atoms with Gasteiger partial charge < -0.3 is 43.4 Å². The first kappa shape index (κ1) is 40.7. The van der Waals surface area contributed by atoms with Crippen LogP contribution in [0.15, 0.2) is 58.5 Å². The molecule has 1 aliphatic rings. The molecular formula is C40H56N12O4+4. The predicted octanol–water partition coefficient (Wildman–Crippen LogP) is -4.82. The van der Waals surface area contributed by atoms with Gasteiger partial charge in [-0.15, -0.1) is 0 Å². The zero-order chi connectivity index (χ0) is 40.5. The van der Waals surface area contributed by atoms with Gasteiger partial charge in [0.2, 0.25) is 0 Å². The lowest BCUT2D eigenvalue weighted by Crippen LogP contribution is -2.89. The second-order valence-electron chi connectivity index (χ2n) is 14.3. The molecule has 8 bridgehead atoms. The zero-order valence-corrected chi connectivity index (χ0v) is 31.7. The van der Waals surface area contributed by atoms with Gasteiger partial charge in [0.1, 0.15) is 23.0 Å². The maximum Gasteiger partial charge on any atom is 0.434 e. The molecule has 5 rings (SSSR count). The van der Waals surface area contributed by atoms with Crippen LogP contribution in [0.25, 0.3) is 0 Å². The number of hydrogen-bond donors (Lipinski definition) is 14. The number of nitrogens with two attached hydrogens (primary N) is 6. The van der Waals surface area contributed by atoms with Crippen molar-refractivity contribution in [1.29, 1.82) is 0 Å². The molecule has 0 saturated carbocycles. The van der Waals surface area contributed by atoms with Crippen molar-refractivity contribution < 1.29 is 41.9 Å². The molecule has 4 aromatic carbocycles. The summed E-state index contributed by atoms with van der Waals surface area (Å²) >= 11 is 0. The number of quaternary nitrogens is 2. The molecule has 0 amide bonds. The fourth-order valence-corrected chi connectivity index (χ4v) is 7.17. The van der Waals surface area contributed by atoms with Crippen LogP contribution in [0.2, 0.25) is 0 Å². The van der Waals surface area contributed by atoms with Crippen molar-refractivity contribution in [2.24, 2.45) is 44.4 Å². The first-order valence-corrected chi connectivity index (χ1v) is 18.5. The van der Waals surface area contributed by atoms with Crippen LogP contribution in [0.3, 0.4) is 0 Å². The van der Waals surface area contributed by atoms with Crippen LogP contribution in [-0.4, -0.2) is 70.4 Å². The van der Waals surface area contributed by atoms with E-state index in [-0.39, 0.29) is 60.6 Å². The molecule has 0 fully saturated rings. The Kier molecular flexibility index (Phi) is 13.2. The van der Waals surface area contributed by atoms with E-state index in [2.05, 4.69) is 31.4 Å². The minimum Gasteiger partial charge on any atom is -0.507 e. The Morgan fingerprint density at radius 3 is 0.893 bits per heavy atom. The van der Waals surface area contributed by atoms with Crippen molar-refractivity contribution in [3.63, 3.8) is 0 Å². The standard InChI is InChI=1S/C40H52N12O4/c41-37(42)49-5-1-21-9-25-17-27-11-22(2-6-50-38(43)44)13-29(34(27)54)19-31-15-24(4-8-52-40(47)48)16-32(36(31)56)20-30-14-23(3-7-51-39(45)46)12-28(35(30)55)18-26(10-21)33(25)53/h9-16,53-56H,1-8,17-20H2,(H4,41,42,49)(H4,43,44,50)(H4,45,46,51)(H4,47,48,52)/p+4. The number of phenols is 4. The second kappa shape index (κ2) is 18.2. The molecule has 296 valence electrons. The Balaban J connectivity index is 1.75. The Morgan fingerprint density at radius 2 is 0.679 bits per heavy atom. The number of nitrogens with one attached hydrogen (secondary N) is 2. The van der Waals surface area contributed by atoms with Crippen LogP contribution in [0, 0.1) is 0 Å². The minimum atomic E-state index is -0.0243. The number of benzene rings is 4. The molecule has 0 heterocycles. The fourth-order valence-electron chi connectivity index (χ4n) is 7.17. The number of phenolic OH excluding ortho intramolecular Hbond substituents is 4. The third kappa shape index (κ3) is 10.8. The van der Waals surface area contributed by atoms with E-state index >= 15 is 0 Å². The lowest BCUT2D eigenvalue weighted by Gasteiger charge is -2.20. The van der Waals surface area contributed by atoms with Crippen molar-refractivity contribution in [2.75, 3.05) is 26.2 Å². The monoisotopic (exact) mass is 768 g/mol. The van der Waals surface area contributed by atoms with Gasteiger partial charge in [-0.1, -0.05) is 48.5 Å². The third-order valence-corrected chi connectivity index (χ3v) is 9.76. The molecule has 0 aromatic heterocycles. The third-order valence-electron chi connectivity index (χ3n) is 9.76. The van der Waals surface area contributed by atoms with Gasteiger partial charge in [-0.25, -0.2) is 21.5 Å². The van der Waals surface area contributed by atoms with E-state index in [4.69, 9.17) is 34.4 Å². The van der Waals surface area contributed by atoms with Gasteiger partial charge in [0.25, 0.3) is 0 Å². The maximum atomic E-state index is 11.9. The van der Waals surface area contributed by atoms with Gasteiger partial charge in [0, 0.05) is 51.6 Å². The van der Waals surface area contributed by atoms with Gasteiger partial charge in [-0.05, 0) is 79.6 Å². The molecule has 16 heteroatoms. The van der Waals surface area contributed by atoms with Crippen molar-refractivity contribution in [3.05, 3.63) is 115 Å². The molecule has 0 spiro atoms. The zero-order valence-electron chi connectivity index (χ0n) is 31.7. The summed E-state index contributed by atoms with van der Waals surface area (Å²) < 4.78 is 0. The molecule has 0 aliphatic heterocycles. The Hall–Kier alpha value is -6.52. The van der Waals surface area contributed by atoms with E-state index in [1.807, 2.05) is 48.5 Å². The Bertz CT molecular complexity index is 1800. The molecule has 1 aliphatic carbocycles. The van der Waals surface area contributed by atoms with Crippen molar-refractivity contribution in [1.82, 2.24) is 0 Å². The van der Waals surface area contributed by atoms with E-state index in [0.29, 0.717) is 108 Å². The number of nitrogens with zero attached hydrogens (tertiary/aromatic N) is 2. The molecule has 0 saturated heterocycles. The van der Waals surface area contributed by atoms with Gasteiger partial charge in [-0.3, -0.25) is 21.5 Å². The fraction of sp³-hybridized carbons (Fsp3) is 0.300. The minimum absolute atomic E-state index is 0.0243. The number of aromatic hydroxyl groups is 4. The van der Waals surface area contributed by atoms with E-state index in [0.717, 1.165) is 22.3 Å². The molecule has 0 radical (unpaired) electrons. The number of fused-ring (bicyclic) bond motifs is 8. The topological polar surface area (TPSA) is 345 Å². The van der Waals surface area contributed by atoms with Crippen molar-refractivity contribution >= 4 is 23.8 Å². The van der Waals surface area contributed by atoms with Gasteiger partial charge >= 0.3 is 11.9 Å². The molecule has 0 unspecified atom stereocenters. The number of aliphatic imine (C=N–C) groups is 2. The van der Waals surface area contributed by atoms with Gasteiger partial charge in [0.05, 0.1) is 13.1 Å². The number of rotatable bonds is 12.